The van der Waals surface area contributed by atoms with Crippen molar-refractivity contribution in [1.82, 2.24) is 9.78 Å². The van der Waals surface area contributed by atoms with Gasteiger partial charge in [-0.2, -0.15) is 5.10 Å². The molecule has 4 aliphatic carbocycles. The fourth-order valence-electron chi connectivity index (χ4n) is 5.43. The van der Waals surface area contributed by atoms with E-state index in [0.29, 0.717) is 11.8 Å². The average molecular weight is 339 g/mol. The standard InChI is InChI=1S/C16H23BrN2O/c1-2-3-19-15(14(17)9-18-19)16(20)12-5-10-4-11(7-12)8-13(16)6-10/h9-13,20H,2-8H2,1H3. The molecule has 4 bridgehead atoms. The summed E-state index contributed by atoms with van der Waals surface area (Å²) in [5.74, 6) is 2.64. The van der Waals surface area contributed by atoms with E-state index in [1.165, 1.54) is 32.1 Å². The molecule has 0 radical (unpaired) electrons. The van der Waals surface area contributed by atoms with Gasteiger partial charge in [0, 0.05) is 6.54 Å². The van der Waals surface area contributed by atoms with Crippen molar-refractivity contribution < 1.29 is 5.11 Å². The van der Waals surface area contributed by atoms with Gasteiger partial charge in [-0.3, -0.25) is 4.68 Å². The summed E-state index contributed by atoms with van der Waals surface area (Å²) in [6.45, 7) is 3.07. The van der Waals surface area contributed by atoms with Gasteiger partial charge in [0.1, 0.15) is 5.60 Å². The van der Waals surface area contributed by atoms with Gasteiger partial charge in [-0.05, 0) is 78.1 Å². The Kier molecular flexibility index (Phi) is 3.05. The fourth-order valence-corrected chi connectivity index (χ4v) is 6.05. The van der Waals surface area contributed by atoms with Crippen LogP contribution in [0.25, 0.3) is 0 Å². The summed E-state index contributed by atoms with van der Waals surface area (Å²) in [6.07, 6.45) is 9.20. The molecular formula is C16H23BrN2O. The van der Waals surface area contributed by atoms with E-state index in [4.69, 9.17) is 0 Å². The number of halogens is 1. The van der Waals surface area contributed by atoms with E-state index in [2.05, 4.69) is 28.0 Å². The molecule has 4 heteroatoms. The normalized spacial score (nSPS) is 42.4. The Balaban J connectivity index is 1.79. The lowest BCUT2D eigenvalue weighted by Crippen LogP contribution is -2.56. The highest BCUT2D eigenvalue weighted by Gasteiger charge is 2.58. The van der Waals surface area contributed by atoms with Crippen LogP contribution in [-0.4, -0.2) is 14.9 Å². The number of aromatic nitrogens is 2. The van der Waals surface area contributed by atoms with Gasteiger partial charge in [-0.15, -0.1) is 0 Å². The van der Waals surface area contributed by atoms with Crippen LogP contribution < -0.4 is 0 Å². The van der Waals surface area contributed by atoms with Crippen LogP contribution in [0.5, 0.6) is 0 Å². The lowest BCUT2D eigenvalue weighted by atomic mass is 9.49. The van der Waals surface area contributed by atoms with E-state index in [-0.39, 0.29) is 0 Å². The van der Waals surface area contributed by atoms with E-state index in [0.717, 1.165) is 35.0 Å². The lowest BCUT2D eigenvalue weighted by Gasteiger charge is -2.58. The Morgan fingerprint density at radius 1 is 1.25 bits per heavy atom. The predicted octanol–water partition coefficient (Wildman–Crippen LogP) is 3.70. The third-order valence-corrected chi connectivity index (χ3v) is 6.57. The summed E-state index contributed by atoms with van der Waals surface area (Å²) in [4.78, 5) is 0. The van der Waals surface area contributed by atoms with Crippen LogP contribution in [0.4, 0.5) is 0 Å². The maximum Gasteiger partial charge on any atom is 0.113 e. The van der Waals surface area contributed by atoms with Crippen molar-refractivity contribution in [3.05, 3.63) is 16.4 Å². The molecule has 0 atom stereocenters. The molecule has 20 heavy (non-hydrogen) atoms. The summed E-state index contributed by atoms with van der Waals surface area (Å²) in [5, 5.41) is 16.1. The monoisotopic (exact) mass is 338 g/mol. The molecule has 4 aliphatic rings. The zero-order chi connectivity index (χ0) is 13.9. The molecule has 5 rings (SSSR count). The van der Waals surface area contributed by atoms with E-state index in [9.17, 15) is 5.11 Å². The first kappa shape index (κ1) is 13.3. The van der Waals surface area contributed by atoms with Crippen molar-refractivity contribution >= 4 is 15.9 Å². The molecular weight excluding hydrogens is 316 g/mol. The molecule has 3 nitrogen and oxygen atoms in total. The van der Waals surface area contributed by atoms with Gasteiger partial charge in [-0.25, -0.2) is 0 Å². The third-order valence-electron chi connectivity index (χ3n) is 5.99. The molecule has 0 aliphatic heterocycles. The van der Waals surface area contributed by atoms with E-state index in [1.54, 1.807) is 0 Å². The summed E-state index contributed by atoms with van der Waals surface area (Å²) >= 11 is 3.65. The lowest BCUT2D eigenvalue weighted by molar-refractivity contribution is -0.183. The highest BCUT2D eigenvalue weighted by Crippen LogP contribution is 2.62. The number of hydrogen-bond acceptors (Lipinski definition) is 2. The summed E-state index contributed by atoms with van der Waals surface area (Å²) < 4.78 is 3.05. The molecule has 0 amide bonds. The van der Waals surface area contributed by atoms with Gasteiger partial charge in [0.15, 0.2) is 0 Å². The predicted molar refractivity (Wildman–Crippen MR) is 81.2 cm³/mol. The highest BCUT2D eigenvalue weighted by atomic mass is 79.9. The van der Waals surface area contributed by atoms with Gasteiger partial charge in [0.05, 0.1) is 16.4 Å². The van der Waals surface area contributed by atoms with Gasteiger partial charge in [0.2, 0.25) is 0 Å². The van der Waals surface area contributed by atoms with E-state index < -0.39 is 5.60 Å². The zero-order valence-electron chi connectivity index (χ0n) is 12.1. The van der Waals surface area contributed by atoms with Crippen LogP contribution in [0.15, 0.2) is 10.7 Å². The molecule has 0 unspecified atom stereocenters. The van der Waals surface area contributed by atoms with Crippen molar-refractivity contribution in [1.29, 1.82) is 0 Å². The molecule has 0 saturated heterocycles. The van der Waals surface area contributed by atoms with Crippen LogP contribution in [0, 0.1) is 23.7 Å². The van der Waals surface area contributed by atoms with Crippen LogP contribution in [0.2, 0.25) is 0 Å². The van der Waals surface area contributed by atoms with Crippen molar-refractivity contribution in [2.75, 3.05) is 0 Å². The van der Waals surface area contributed by atoms with Crippen molar-refractivity contribution in [3.63, 3.8) is 0 Å². The molecule has 1 aromatic heterocycles. The van der Waals surface area contributed by atoms with E-state index in [1.807, 2.05) is 10.9 Å². The smallest absolute Gasteiger partial charge is 0.113 e. The van der Waals surface area contributed by atoms with Gasteiger partial charge in [0.25, 0.3) is 0 Å². The molecule has 1 aromatic rings. The molecule has 1 N–H and O–H groups in total. The number of rotatable bonds is 3. The highest BCUT2D eigenvalue weighted by molar-refractivity contribution is 9.10. The first-order valence-corrected chi connectivity index (χ1v) is 8.86. The fraction of sp³-hybridized carbons (Fsp3) is 0.812. The largest absolute Gasteiger partial charge is 0.383 e. The summed E-state index contributed by atoms with van der Waals surface area (Å²) in [5.41, 5.74) is 0.422. The number of aliphatic hydroxyl groups is 1. The summed E-state index contributed by atoms with van der Waals surface area (Å²) in [7, 11) is 0. The topological polar surface area (TPSA) is 38.0 Å². The second-order valence-corrected chi connectivity index (χ2v) is 8.05. The Morgan fingerprint density at radius 3 is 2.40 bits per heavy atom. The Morgan fingerprint density at radius 2 is 1.85 bits per heavy atom. The van der Waals surface area contributed by atoms with Gasteiger partial charge < -0.3 is 5.11 Å². The maximum atomic E-state index is 11.6. The van der Waals surface area contributed by atoms with Crippen LogP contribution in [-0.2, 0) is 12.1 Å². The average Bonchev–Trinajstić information content (AvgIpc) is 2.77. The molecule has 0 aromatic carbocycles. The first-order chi connectivity index (χ1) is 9.62. The minimum atomic E-state index is -0.641. The molecule has 4 saturated carbocycles. The van der Waals surface area contributed by atoms with Crippen LogP contribution in [0.3, 0.4) is 0 Å². The number of nitrogens with zero attached hydrogens (tertiary/aromatic N) is 2. The van der Waals surface area contributed by atoms with Crippen molar-refractivity contribution in [2.24, 2.45) is 23.7 Å². The third kappa shape index (κ3) is 1.70. The van der Waals surface area contributed by atoms with Crippen LogP contribution in [0.1, 0.15) is 51.1 Å². The van der Waals surface area contributed by atoms with Crippen molar-refractivity contribution in [2.45, 2.75) is 57.6 Å². The molecule has 1 heterocycles. The number of hydrogen-bond donors (Lipinski definition) is 1. The number of aryl methyl sites for hydroxylation is 1. The zero-order valence-corrected chi connectivity index (χ0v) is 13.6. The quantitative estimate of drug-likeness (QED) is 0.912. The Hall–Kier alpha value is -0.350. The van der Waals surface area contributed by atoms with Gasteiger partial charge >= 0.3 is 0 Å². The van der Waals surface area contributed by atoms with Crippen LogP contribution >= 0.6 is 15.9 Å². The van der Waals surface area contributed by atoms with Gasteiger partial charge in [-0.1, -0.05) is 6.92 Å². The second-order valence-electron chi connectivity index (χ2n) is 7.19. The SMILES string of the molecule is CCCn1ncc(Br)c1C1(O)C2CC3CC(C2)CC1C3. The molecule has 4 fully saturated rings. The van der Waals surface area contributed by atoms with E-state index >= 15 is 0 Å². The maximum absolute atomic E-state index is 11.6. The minimum Gasteiger partial charge on any atom is -0.383 e. The van der Waals surface area contributed by atoms with Crippen molar-refractivity contribution in [3.8, 4) is 0 Å². The Bertz CT molecular complexity index is 497. The molecule has 0 spiro atoms. The first-order valence-electron chi connectivity index (χ1n) is 8.07. The minimum absolute atomic E-state index is 0.447. The second kappa shape index (κ2) is 4.57. The summed E-state index contributed by atoms with van der Waals surface area (Å²) in [6, 6.07) is 0. The molecule has 110 valence electrons. The Labute approximate surface area is 128 Å².